The molecule has 100 valence electrons. The molecule has 0 aliphatic heterocycles. The molecule has 0 amide bonds. The van der Waals surface area contributed by atoms with Crippen molar-refractivity contribution >= 4 is 0 Å². The Morgan fingerprint density at radius 1 is 0.842 bits per heavy atom. The van der Waals surface area contributed by atoms with Crippen molar-refractivity contribution in [2.45, 2.75) is 26.7 Å². The maximum atomic E-state index is 10.2. The van der Waals surface area contributed by atoms with Crippen LogP contribution < -0.4 is 0 Å². The second kappa shape index (κ2) is 5.22. The average molecular weight is 258 g/mol. The highest BCUT2D eigenvalue weighted by molar-refractivity contribution is 5.79. The zero-order valence-corrected chi connectivity index (χ0v) is 11.1. The predicted molar refractivity (Wildman–Crippen MR) is 75.6 cm³/mol. The first-order valence-electron chi connectivity index (χ1n) is 6.43. The van der Waals surface area contributed by atoms with Crippen LogP contribution >= 0.6 is 0 Å². The summed E-state index contributed by atoms with van der Waals surface area (Å²) in [5.74, 6) is 0.135. The molecule has 0 saturated carbocycles. The van der Waals surface area contributed by atoms with E-state index in [2.05, 4.69) is 0 Å². The smallest absolute Gasteiger partial charge is 0.127 e. The van der Waals surface area contributed by atoms with Crippen LogP contribution in [0.4, 0.5) is 0 Å². The third kappa shape index (κ3) is 2.50. The van der Waals surface area contributed by atoms with Crippen molar-refractivity contribution < 1.29 is 15.3 Å². The standard InChI is InChI=1S/C16H18O3/c1-3-10-7-11(4-2)16(15(19)8-10)13-6-5-12(17)9-14(13)18/h5-9,17-19H,3-4H2,1-2H3. The van der Waals surface area contributed by atoms with E-state index in [4.69, 9.17) is 0 Å². The van der Waals surface area contributed by atoms with E-state index in [0.29, 0.717) is 11.1 Å². The van der Waals surface area contributed by atoms with Crippen molar-refractivity contribution in [1.29, 1.82) is 0 Å². The average Bonchev–Trinajstić information content (AvgIpc) is 2.39. The Balaban J connectivity index is 2.67. The van der Waals surface area contributed by atoms with Gasteiger partial charge in [0.15, 0.2) is 0 Å². The lowest BCUT2D eigenvalue weighted by molar-refractivity contribution is 0.450. The first-order valence-corrected chi connectivity index (χ1v) is 6.43. The van der Waals surface area contributed by atoms with Crippen molar-refractivity contribution in [3.05, 3.63) is 41.5 Å². The summed E-state index contributed by atoms with van der Waals surface area (Å²) in [5.41, 5.74) is 3.22. The molecule has 2 aromatic carbocycles. The number of benzene rings is 2. The Morgan fingerprint density at radius 2 is 1.58 bits per heavy atom. The van der Waals surface area contributed by atoms with Crippen LogP contribution in [0, 0.1) is 0 Å². The summed E-state index contributed by atoms with van der Waals surface area (Å²) in [6.45, 7) is 4.04. The van der Waals surface area contributed by atoms with E-state index in [9.17, 15) is 15.3 Å². The Bertz CT molecular complexity index is 603. The summed E-state index contributed by atoms with van der Waals surface area (Å²) in [6.07, 6.45) is 1.61. The lowest BCUT2D eigenvalue weighted by Gasteiger charge is -2.14. The Labute approximate surface area is 112 Å². The van der Waals surface area contributed by atoms with E-state index in [0.717, 1.165) is 24.0 Å². The van der Waals surface area contributed by atoms with Crippen LogP contribution in [0.1, 0.15) is 25.0 Å². The van der Waals surface area contributed by atoms with Gasteiger partial charge in [-0.15, -0.1) is 0 Å². The molecule has 3 nitrogen and oxygen atoms in total. The summed E-state index contributed by atoms with van der Waals surface area (Å²) >= 11 is 0. The van der Waals surface area contributed by atoms with Crippen LogP contribution in [0.25, 0.3) is 11.1 Å². The molecule has 3 N–H and O–H groups in total. The molecule has 0 radical (unpaired) electrons. The summed E-state index contributed by atoms with van der Waals surface area (Å²) in [7, 11) is 0. The van der Waals surface area contributed by atoms with Gasteiger partial charge in [-0.2, -0.15) is 0 Å². The highest BCUT2D eigenvalue weighted by Gasteiger charge is 2.14. The second-order valence-electron chi connectivity index (χ2n) is 4.56. The minimum absolute atomic E-state index is 0.00367. The lowest BCUT2D eigenvalue weighted by atomic mass is 9.93. The van der Waals surface area contributed by atoms with Crippen LogP contribution in [0.5, 0.6) is 17.2 Å². The van der Waals surface area contributed by atoms with Gasteiger partial charge in [-0.3, -0.25) is 0 Å². The maximum Gasteiger partial charge on any atom is 0.127 e. The molecule has 0 heterocycles. The minimum Gasteiger partial charge on any atom is -0.508 e. The molecule has 0 aromatic heterocycles. The molecule has 2 rings (SSSR count). The molecule has 0 atom stereocenters. The van der Waals surface area contributed by atoms with Crippen LogP contribution in [-0.4, -0.2) is 15.3 Å². The Morgan fingerprint density at radius 3 is 2.16 bits per heavy atom. The Hall–Kier alpha value is -2.16. The van der Waals surface area contributed by atoms with E-state index in [1.807, 2.05) is 19.9 Å². The Kier molecular flexibility index (Phi) is 3.65. The summed E-state index contributed by atoms with van der Waals surface area (Å²) < 4.78 is 0. The van der Waals surface area contributed by atoms with E-state index in [1.54, 1.807) is 12.1 Å². The van der Waals surface area contributed by atoms with Gasteiger partial charge in [0, 0.05) is 17.2 Å². The zero-order chi connectivity index (χ0) is 14.0. The first-order chi connectivity index (χ1) is 9.06. The summed E-state index contributed by atoms with van der Waals surface area (Å²) in [5, 5.41) is 29.5. The van der Waals surface area contributed by atoms with E-state index in [1.165, 1.54) is 12.1 Å². The predicted octanol–water partition coefficient (Wildman–Crippen LogP) is 3.60. The van der Waals surface area contributed by atoms with Gasteiger partial charge in [0.05, 0.1) is 0 Å². The van der Waals surface area contributed by atoms with E-state index >= 15 is 0 Å². The highest BCUT2D eigenvalue weighted by Crippen LogP contribution is 2.40. The van der Waals surface area contributed by atoms with Crippen molar-refractivity contribution in [2.24, 2.45) is 0 Å². The number of hydrogen-bond donors (Lipinski definition) is 3. The lowest BCUT2D eigenvalue weighted by Crippen LogP contribution is -1.92. The zero-order valence-electron chi connectivity index (χ0n) is 11.1. The molecule has 3 heteroatoms. The fraction of sp³-hybridized carbons (Fsp3) is 0.250. The van der Waals surface area contributed by atoms with Gasteiger partial charge in [0.1, 0.15) is 17.2 Å². The molecule has 2 aromatic rings. The topological polar surface area (TPSA) is 60.7 Å². The number of hydrogen-bond acceptors (Lipinski definition) is 3. The van der Waals surface area contributed by atoms with Gasteiger partial charge >= 0.3 is 0 Å². The van der Waals surface area contributed by atoms with Gasteiger partial charge < -0.3 is 15.3 Å². The van der Waals surface area contributed by atoms with Gasteiger partial charge in [-0.25, -0.2) is 0 Å². The van der Waals surface area contributed by atoms with Crippen molar-refractivity contribution in [2.75, 3.05) is 0 Å². The van der Waals surface area contributed by atoms with Gasteiger partial charge in [-0.1, -0.05) is 19.9 Å². The monoisotopic (exact) mass is 258 g/mol. The van der Waals surface area contributed by atoms with E-state index < -0.39 is 0 Å². The van der Waals surface area contributed by atoms with Crippen LogP contribution in [0.3, 0.4) is 0 Å². The number of aryl methyl sites for hydroxylation is 2. The number of aromatic hydroxyl groups is 3. The van der Waals surface area contributed by atoms with E-state index in [-0.39, 0.29) is 17.2 Å². The van der Waals surface area contributed by atoms with Crippen LogP contribution in [0.15, 0.2) is 30.3 Å². The third-order valence-electron chi connectivity index (χ3n) is 3.30. The number of phenolic OH excluding ortho intramolecular Hbond substituents is 3. The quantitative estimate of drug-likeness (QED) is 0.788. The molecule has 0 aliphatic rings. The third-order valence-corrected chi connectivity index (χ3v) is 3.30. The molecule has 0 fully saturated rings. The van der Waals surface area contributed by atoms with Crippen LogP contribution in [-0.2, 0) is 12.8 Å². The molecule has 0 unspecified atom stereocenters. The van der Waals surface area contributed by atoms with Crippen molar-refractivity contribution in [1.82, 2.24) is 0 Å². The van der Waals surface area contributed by atoms with Gasteiger partial charge in [0.2, 0.25) is 0 Å². The fourth-order valence-corrected chi connectivity index (χ4v) is 2.28. The fourth-order valence-electron chi connectivity index (χ4n) is 2.28. The normalized spacial score (nSPS) is 10.6. The van der Waals surface area contributed by atoms with Gasteiger partial charge in [-0.05, 0) is 42.2 Å². The molecule has 0 aliphatic carbocycles. The molecule has 19 heavy (non-hydrogen) atoms. The second-order valence-corrected chi connectivity index (χ2v) is 4.56. The number of rotatable bonds is 3. The van der Waals surface area contributed by atoms with Gasteiger partial charge in [0.25, 0.3) is 0 Å². The summed E-state index contributed by atoms with van der Waals surface area (Å²) in [6, 6.07) is 8.16. The van der Waals surface area contributed by atoms with Crippen LogP contribution in [0.2, 0.25) is 0 Å². The molecule has 0 spiro atoms. The maximum absolute atomic E-state index is 10.2. The van der Waals surface area contributed by atoms with Crippen molar-refractivity contribution in [3.8, 4) is 28.4 Å². The molecule has 0 saturated heterocycles. The summed E-state index contributed by atoms with van der Waals surface area (Å²) in [4.78, 5) is 0. The van der Waals surface area contributed by atoms with Crippen molar-refractivity contribution in [3.63, 3.8) is 0 Å². The molecular weight excluding hydrogens is 240 g/mol. The minimum atomic E-state index is -0.0331. The molecular formula is C16H18O3. The SMILES string of the molecule is CCc1cc(O)c(-c2ccc(O)cc2O)c(CC)c1. The number of phenols is 3. The highest BCUT2D eigenvalue weighted by atomic mass is 16.3. The largest absolute Gasteiger partial charge is 0.508 e. The first kappa shape index (κ1) is 13.3. The molecule has 0 bridgehead atoms.